The van der Waals surface area contributed by atoms with Crippen molar-refractivity contribution in [1.82, 2.24) is 0 Å². The van der Waals surface area contributed by atoms with Gasteiger partial charge in [-0.1, -0.05) is 316 Å². The van der Waals surface area contributed by atoms with Gasteiger partial charge in [0.15, 0.2) is 12.2 Å². The second kappa shape index (κ2) is 67.7. The average Bonchev–Trinajstić information content (AvgIpc) is 1.14. The molecule has 0 fully saturated rings. The standard InChI is InChI=1S/C75H142O17P2/c1-6-10-13-16-19-21-23-25-27-28-29-30-31-33-35-37-39-45-50-55-60-74(79)91-71(65-86-73(78)59-54-49-44-38-36-34-32-26-24-22-20-17-14-11-7-2)67-90-94(83,84)88-63-69(76)62-87-93(81,82)89-66-70(64-85-72(77)58-53-48-42-18-15-12-8-3)92-75(80)61-56-51-46-41-40-43-47-52-57-68(5)9-4/h22,24,26,32,68-71,76H,6-21,23,25,27-31,33-67H2,1-5H3,(H,81,82)(H,83,84)/b24-22-,32-26-/t68?,69-,70+,71+/m0/s1. The average molecular weight is 1380 g/mol. The molecule has 0 bridgehead atoms. The van der Waals surface area contributed by atoms with E-state index in [0.717, 1.165) is 128 Å². The number of allylic oxidation sites excluding steroid dienone is 4. The molecular weight excluding hydrogens is 1230 g/mol. The maximum Gasteiger partial charge on any atom is 0.472 e. The van der Waals surface area contributed by atoms with Crippen molar-refractivity contribution in [2.45, 2.75) is 387 Å². The fourth-order valence-corrected chi connectivity index (χ4v) is 12.5. The minimum Gasteiger partial charge on any atom is -0.462 e. The van der Waals surface area contributed by atoms with Crippen LogP contribution in [0, 0.1) is 5.92 Å². The van der Waals surface area contributed by atoms with Crippen LogP contribution in [0.3, 0.4) is 0 Å². The Bertz CT molecular complexity index is 1900. The van der Waals surface area contributed by atoms with Crippen LogP contribution in [0.15, 0.2) is 24.3 Å². The van der Waals surface area contributed by atoms with E-state index in [1.165, 1.54) is 161 Å². The molecule has 0 radical (unpaired) electrons. The number of aliphatic hydroxyl groups is 1. The number of hydrogen-bond donors (Lipinski definition) is 3. The molecule has 6 atom stereocenters. The highest BCUT2D eigenvalue weighted by Gasteiger charge is 2.30. The number of hydrogen-bond acceptors (Lipinski definition) is 15. The van der Waals surface area contributed by atoms with E-state index in [1.807, 2.05) is 0 Å². The first kappa shape index (κ1) is 91.5. The van der Waals surface area contributed by atoms with Gasteiger partial charge in [-0.05, 0) is 57.3 Å². The van der Waals surface area contributed by atoms with Crippen LogP contribution in [0.25, 0.3) is 0 Å². The lowest BCUT2D eigenvalue weighted by Crippen LogP contribution is -2.30. The molecule has 0 saturated heterocycles. The lowest BCUT2D eigenvalue weighted by molar-refractivity contribution is -0.161. The summed E-state index contributed by atoms with van der Waals surface area (Å²) in [6.45, 7) is 7.16. The van der Waals surface area contributed by atoms with E-state index in [0.29, 0.717) is 25.7 Å². The molecule has 0 aromatic heterocycles. The fourth-order valence-electron chi connectivity index (χ4n) is 11.0. The molecule has 94 heavy (non-hydrogen) atoms. The zero-order valence-electron chi connectivity index (χ0n) is 60.6. The lowest BCUT2D eigenvalue weighted by Gasteiger charge is -2.21. The molecule has 3 unspecified atom stereocenters. The molecule has 3 N–H and O–H groups in total. The Hall–Kier alpha value is -2.46. The van der Waals surface area contributed by atoms with Crippen LogP contribution in [0.2, 0.25) is 0 Å². The summed E-state index contributed by atoms with van der Waals surface area (Å²) in [6, 6.07) is 0. The summed E-state index contributed by atoms with van der Waals surface area (Å²) in [5, 5.41) is 10.6. The third-order valence-corrected chi connectivity index (χ3v) is 19.2. The summed E-state index contributed by atoms with van der Waals surface area (Å²) in [5.74, 6) is -1.38. The van der Waals surface area contributed by atoms with Gasteiger partial charge in [-0.3, -0.25) is 37.3 Å². The largest absolute Gasteiger partial charge is 0.472 e. The van der Waals surface area contributed by atoms with Crippen molar-refractivity contribution in [2.75, 3.05) is 39.6 Å². The van der Waals surface area contributed by atoms with E-state index >= 15 is 0 Å². The first-order valence-electron chi connectivity index (χ1n) is 38.5. The first-order valence-corrected chi connectivity index (χ1v) is 41.5. The number of phosphoric acid groups is 2. The summed E-state index contributed by atoms with van der Waals surface area (Å²) in [6.07, 6.45) is 59.3. The number of esters is 4. The molecule has 0 rings (SSSR count). The Morgan fingerprint density at radius 2 is 0.596 bits per heavy atom. The summed E-state index contributed by atoms with van der Waals surface area (Å²) in [5.41, 5.74) is 0. The number of phosphoric ester groups is 2. The van der Waals surface area contributed by atoms with E-state index in [-0.39, 0.29) is 25.7 Å². The van der Waals surface area contributed by atoms with Gasteiger partial charge in [-0.2, -0.15) is 0 Å². The van der Waals surface area contributed by atoms with E-state index in [1.54, 1.807) is 0 Å². The maximum absolute atomic E-state index is 13.1. The Balaban J connectivity index is 5.22. The van der Waals surface area contributed by atoms with E-state index in [2.05, 4.69) is 58.9 Å². The molecule has 0 amide bonds. The van der Waals surface area contributed by atoms with Crippen LogP contribution < -0.4 is 0 Å². The van der Waals surface area contributed by atoms with Gasteiger partial charge in [0.25, 0.3) is 0 Å². The van der Waals surface area contributed by atoms with Gasteiger partial charge in [0.05, 0.1) is 26.4 Å². The van der Waals surface area contributed by atoms with Gasteiger partial charge >= 0.3 is 39.5 Å². The molecule has 17 nitrogen and oxygen atoms in total. The Labute approximate surface area is 573 Å². The van der Waals surface area contributed by atoms with Gasteiger partial charge in [-0.15, -0.1) is 0 Å². The Morgan fingerprint density at radius 3 is 0.904 bits per heavy atom. The molecular formula is C75H142O17P2. The number of ether oxygens (including phenoxy) is 4. The third-order valence-electron chi connectivity index (χ3n) is 17.3. The Morgan fingerprint density at radius 1 is 0.340 bits per heavy atom. The molecule has 0 aromatic carbocycles. The van der Waals surface area contributed by atoms with Crippen molar-refractivity contribution >= 4 is 39.5 Å². The van der Waals surface area contributed by atoms with Crippen molar-refractivity contribution in [1.29, 1.82) is 0 Å². The first-order chi connectivity index (χ1) is 45.6. The van der Waals surface area contributed by atoms with Gasteiger partial charge < -0.3 is 33.8 Å². The smallest absolute Gasteiger partial charge is 0.462 e. The third kappa shape index (κ3) is 66.8. The van der Waals surface area contributed by atoms with Crippen LogP contribution in [-0.4, -0.2) is 96.7 Å². The zero-order valence-corrected chi connectivity index (χ0v) is 62.4. The van der Waals surface area contributed by atoms with Crippen molar-refractivity contribution in [3.8, 4) is 0 Å². The van der Waals surface area contributed by atoms with Gasteiger partial charge in [0.2, 0.25) is 0 Å². The normalized spacial score (nSPS) is 14.4. The summed E-state index contributed by atoms with van der Waals surface area (Å²) >= 11 is 0. The molecule has 0 aliphatic carbocycles. The highest BCUT2D eigenvalue weighted by Crippen LogP contribution is 2.45. The van der Waals surface area contributed by atoms with Crippen molar-refractivity contribution < 1.29 is 80.2 Å². The second-order valence-corrected chi connectivity index (χ2v) is 29.5. The number of rotatable bonds is 73. The van der Waals surface area contributed by atoms with E-state index in [9.17, 15) is 43.2 Å². The molecule has 554 valence electrons. The van der Waals surface area contributed by atoms with E-state index < -0.39 is 97.5 Å². The summed E-state index contributed by atoms with van der Waals surface area (Å²) in [7, 11) is -9.91. The van der Waals surface area contributed by atoms with Gasteiger partial charge in [0.1, 0.15) is 19.3 Å². The summed E-state index contributed by atoms with van der Waals surface area (Å²) < 4.78 is 68.3. The predicted molar refractivity (Wildman–Crippen MR) is 381 cm³/mol. The van der Waals surface area contributed by atoms with Crippen LogP contribution in [0.5, 0.6) is 0 Å². The molecule has 0 spiro atoms. The molecule has 0 aromatic rings. The molecule has 0 saturated carbocycles. The van der Waals surface area contributed by atoms with Gasteiger partial charge in [0, 0.05) is 25.7 Å². The molecule has 19 heteroatoms. The van der Waals surface area contributed by atoms with Gasteiger partial charge in [-0.25, -0.2) is 9.13 Å². The summed E-state index contributed by atoms with van der Waals surface area (Å²) in [4.78, 5) is 72.6. The Kier molecular flexibility index (Phi) is 65.9. The quantitative estimate of drug-likeness (QED) is 0.0169. The van der Waals surface area contributed by atoms with Crippen molar-refractivity contribution in [3.63, 3.8) is 0 Å². The minimum absolute atomic E-state index is 0.102. The number of carbonyl (C=O) groups excluding carboxylic acids is 4. The minimum atomic E-state index is -4.96. The number of carbonyl (C=O) groups is 4. The topological polar surface area (TPSA) is 237 Å². The second-order valence-electron chi connectivity index (χ2n) is 26.6. The predicted octanol–water partition coefficient (Wildman–Crippen LogP) is 21.6. The lowest BCUT2D eigenvalue weighted by atomic mass is 9.99. The van der Waals surface area contributed by atoms with E-state index in [4.69, 9.17) is 37.0 Å². The van der Waals surface area contributed by atoms with Crippen molar-refractivity contribution in [2.24, 2.45) is 5.92 Å². The molecule has 0 aliphatic heterocycles. The van der Waals surface area contributed by atoms with Crippen molar-refractivity contribution in [3.05, 3.63) is 24.3 Å². The number of unbranched alkanes of at least 4 members (excludes halogenated alkanes) is 41. The molecule has 0 heterocycles. The van der Waals surface area contributed by atoms with Crippen LogP contribution >= 0.6 is 15.6 Å². The highest BCUT2D eigenvalue weighted by molar-refractivity contribution is 7.47. The van der Waals surface area contributed by atoms with Crippen LogP contribution in [0.4, 0.5) is 0 Å². The SMILES string of the molecule is CCCCCC/C=C\C=C/CCCCCCCC(=O)OC[C@H](COP(=O)(O)OC[C@@H](O)COP(=O)(O)OC[C@@H](COC(=O)CCCCCCCCC)OC(=O)CCCCCCCCCCC(C)CC)OC(=O)CCCCCCCCCCCCCCCCCCCCCC. The van der Waals surface area contributed by atoms with Crippen LogP contribution in [0.1, 0.15) is 369 Å². The number of aliphatic hydroxyl groups excluding tert-OH is 1. The fraction of sp³-hybridized carbons (Fsp3) is 0.893. The monoisotopic (exact) mass is 1380 g/mol. The maximum atomic E-state index is 13.1. The van der Waals surface area contributed by atoms with Crippen LogP contribution in [-0.2, 0) is 65.4 Å². The zero-order chi connectivity index (χ0) is 69.1. The molecule has 0 aliphatic rings. The highest BCUT2D eigenvalue weighted by atomic mass is 31.2.